The molecule has 0 spiro atoms. The number of aromatic nitrogens is 3. The van der Waals surface area contributed by atoms with Crippen molar-refractivity contribution in [2.75, 3.05) is 31.4 Å². The molecule has 0 amide bonds. The van der Waals surface area contributed by atoms with Gasteiger partial charge in [-0.25, -0.2) is 15.0 Å². The van der Waals surface area contributed by atoms with E-state index in [0.717, 1.165) is 18.9 Å². The second kappa shape index (κ2) is 8.62. The first-order valence-electron chi connectivity index (χ1n) is 9.06. The van der Waals surface area contributed by atoms with Crippen LogP contribution in [0.15, 0.2) is 12.3 Å². The molecule has 0 aliphatic carbocycles. The van der Waals surface area contributed by atoms with E-state index < -0.39 is 11.7 Å². The Kier molecular flexibility index (Phi) is 6.69. The topological polar surface area (TPSA) is 63.2 Å². The largest absolute Gasteiger partial charge is 0.478 e. The molecule has 0 fully saturated rings. The second-order valence-electron chi connectivity index (χ2n) is 6.65. The summed E-state index contributed by atoms with van der Waals surface area (Å²) in [4.78, 5) is 14.4. The molecule has 0 saturated carbocycles. The molecule has 0 radical (unpaired) electrons. The number of hydrogen-bond acceptors (Lipinski definition) is 6. The minimum atomic E-state index is -4.56. The third kappa shape index (κ3) is 4.63. The molecule has 0 bridgehead atoms. The lowest BCUT2D eigenvalue weighted by atomic mass is 10.0. The summed E-state index contributed by atoms with van der Waals surface area (Å²) in [6, 6.07) is 1.18. The Labute approximate surface area is 163 Å². The highest BCUT2D eigenvalue weighted by Crippen LogP contribution is 2.39. The second-order valence-corrected chi connectivity index (χ2v) is 6.65. The highest BCUT2D eigenvalue weighted by atomic mass is 19.4. The van der Waals surface area contributed by atoms with Crippen LogP contribution in [0.1, 0.15) is 37.9 Å². The van der Waals surface area contributed by atoms with Gasteiger partial charge >= 0.3 is 6.18 Å². The van der Waals surface area contributed by atoms with Crippen LogP contribution in [-0.4, -0.2) is 42.2 Å². The average Bonchev–Trinajstić information content (AvgIpc) is 2.65. The van der Waals surface area contributed by atoms with E-state index in [1.54, 1.807) is 21.0 Å². The molecule has 6 nitrogen and oxygen atoms in total. The van der Waals surface area contributed by atoms with Crippen LogP contribution in [0.25, 0.3) is 11.3 Å². The lowest BCUT2D eigenvalue weighted by Gasteiger charge is -2.20. The van der Waals surface area contributed by atoms with Gasteiger partial charge in [0, 0.05) is 31.9 Å². The Morgan fingerprint density at radius 1 is 1.18 bits per heavy atom. The number of pyridine rings is 1. The van der Waals surface area contributed by atoms with Gasteiger partial charge in [-0.2, -0.15) is 13.2 Å². The van der Waals surface area contributed by atoms with Gasteiger partial charge in [0.2, 0.25) is 0 Å². The lowest BCUT2D eigenvalue weighted by molar-refractivity contribution is -0.137. The van der Waals surface area contributed by atoms with E-state index in [1.807, 2.05) is 13.8 Å². The Bertz CT molecular complexity index is 820. The van der Waals surface area contributed by atoms with Gasteiger partial charge in [0.05, 0.1) is 24.1 Å². The van der Waals surface area contributed by atoms with Crippen molar-refractivity contribution < 1.29 is 17.9 Å². The van der Waals surface area contributed by atoms with Gasteiger partial charge in [0.25, 0.3) is 5.88 Å². The van der Waals surface area contributed by atoms with Crippen LogP contribution in [0.3, 0.4) is 0 Å². The third-order valence-electron chi connectivity index (χ3n) is 4.47. The first-order chi connectivity index (χ1) is 13.1. The molecule has 9 heteroatoms. The summed E-state index contributed by atoms with van der Waals surface area (Å²) in [6.07, 6.45) is -1.63. The predicted octanol–water partition coefficient (Wildman–Crippen LogP) is 4.54. The van der Waals surface area contributed by atoms with Crippen LogP contribution in [0, 0.1) is 6.92 Å². The third-order valence-corrected chi connectivity index (χ3v) is 4.47. The average molecular weight is 397 g/mol. The molecule has 2 aromatic rings. The van der Waals surface area contributed by atoms with Gasteiger partial charge in [-0.3, -0.25) is 0 Å². The summed E-state index contributed by atoms with van der Waals surface area (Å²) in [6.45, 7) is 5.70. The summed E-state index contributed by atoms with van der Waals surface area (Å²) >= 11 is 0. The van der Waals surface area contributed by atoms with Gasteiger partial charge < -0.3 is 15.0 Å². The van der Waals surface area contributed by atoms with Crippen molar-refractivity contribution in [2.45, 2.75) is 45.8 Å². The van der Waals surface area contributed by atoms with E-state index in [4.69, 9.17) is 4.74 Å². The fraction of sp³-hybridized carbons (Fsp3) is 0.526. The van der Waals surface area contributed by atoms with Crippen molar-refractivity contribution in [3.8, 4) is 17.1 Å². The lowest BCUT2D eigenvalue weighted by Crippen LogP contribution is -2.19. The molecule has 0 aliphatic heterocycles. The zero-order valence-corrected chi connectivity index (χ0v) is 17.0. The van der Waals surface area contributed by atoms with E-state index >= 15 is 0 Å². The molecule has 2 heterocycles. The molecule has 154 valence electrons. The van der Waals surface area contributed by atoms with Crippen molar-refractivity contribution in [3.63, 3.8) is 0 Å². The molecule has 0 aliphatic rings. The number of rotatable bonds is 7. The van der Waals surface area contributed by atoms with Crippen LogP contribution in [-0.2, 0) is 6.18 Å². The van der Waals surface area contributed by atoms with E-state index in [9.17, 15) is 13.2 Å². The summed E-state index contributed by atoms with van der Waals surface area (Å²) in [5.74, 6) is 0.780. The number of methoxy groups -OCH3 is 1. The van der Waals surface area contributed by atoms with Crippen molar-refractivity contribution >= 4 is 11.6 Å². The Morgan fingerprint density at radius 2 is 1.82 bits per heavy atom. The fourth-order valence-corrected chi connectivity index (χ4v) is 2.79. The van der Waals surface area contributed by atoms with Crippen molar-refractivity contribution in [1.82, 2.24) is 15.0 Å². The van der Waals surface area contributed by atoms with Crippen LogP contribution in [0.4, 0.5) is 24.8 Å². The maximum Gasteiger partial charge on any atom is 0.417 e. The first-order valence-corrected chi connectivity index (χ1v) is 9.06. The SMILES string of the molecule is CCC(CC)Nc1nc(C)c(-c2cnc(N(C)C)cc2C(F)(F)F)nc1OC. The molecular weight excluding hydrogens is 371 g/mol. The Balaban J connectivity index is 2.62. The van der Waals surface area contributed by atoms with Crippen molar-refractivity contribution in [3.05, 3.63) is 23.5 Å². The fourth-order valence-electron chi connectivity index (χ4n) is 2.79. The number of anilines is 2. The highest BCUT2D eigenvalue weighted by molar-refractivity contribution is 5.69. The number of nitrogens with zero attached hydrogens (tertiary/aromatic N) is 4. The quantitative estimate of drug-likeness (QED) is 0.740. The van der Waals surface area contributed by atoms with Crippen LogP contribution < -0.4 is 15.0 Å². The number of halogens is 3. The molecule has 0 unspecified atom stereocenters. The molecule has 0 atom stereocenters. The zero-order chi connectivity index (χ0) is 21.1. The first kappa shape index (κ1) is 21.7. The molecule has 0 saturated heterocycles. The Hall–Kier alpha value is -2.58. The van der Waals surface area contributed by atoms with Crippen LogP contribution in [0.5, 0.6) is 5.88 Å². The molecule has 0 aromatic carbocycles. The van der Waals surface area contributed by atoms with Crippen molar-refractivity contribution in [2.24, 2.45) is 0 Å². The molecule has 1 N–H and O–H groups in total. The van der Waals surface area contributed by atoms with E-state index in [2.05, 4.69) is 20.3 Å². The number of ether oxygens (including phenoxy) is 1. The zero-order valence-electron chi connectivity index (χ0n) is 17.0. The number of hydrogen-bond donors (Lipinski definition) is 1. The van der Waals surface area contributed by atoms with E-state index in [-0.39, 0.29) is 29.0 Å². The Morgan fingerprint density at radius 3 is 2.32 bits per heavy atom. The molecule has 2 rings (SSSR count). The van der Waals surface area contributed by atoms with Gasteiger partial charge in [0.1, 0.15) is 5.82 Å². The van der Waals surface area contributed by atoms with Gasteiger partial charge in [-0.15, -0.1) is 0 Å². The maximum atomic E-state index is 13.7. The standard InChI is InChI=1S/C19H26F3N5O/c1-7-12(8-2)25-17-18(28-6)26-16(11(3)24-17)13-10-23-15(27(4)5)9-14(13)19(20,21)22/h9-10,12H,7-8H2,1-6H3,(H,24,25). The highest BCUT2D eigenvalue weighted by Gasteiger charge is 2.36. The number of aryl methyl sites for hydroxylation is 1. The molecule has 28 heavy (non-hydrogen) atoms. The minimum absolute atomic E-state index is 0.0945. The summed E-state index contributed by atoms with van der Waals surface area (Å²) < 4.78 is 46.4. The number of nitrogens with one attached hydrogen (secondary N) is 1. The van der Waals surface area contributed by atoms with E-state index in [1.165, 1.54) is 18.2 Å². The van der Waals surface area contributed by atoms with Gasteiger partial charge in [0.15, 0.2) is 5.82 Å². The van der Waals surface area contributed by atoms with Crippen LogP contribution in [0.2, 0.25) is 0 Å². The summed E-state index contributed by atoms with van der Waals surface area (Å²) in [5.41, 5.74) is -0.488. The number of alkyl halides is 3. The minimum Gasteiger partial charge on any atom is -0.478 e. The smallest absolute Gasteiger partial charge is 0.417 e. The van der Waals surface area contributed by atoms with Gasteiger partial charge in [-0.1, -0.05) is 13.8 Å². The molecular formula is C19H26F3N5O. The maximum absolute atomic E-state index is 13.7. The van der Waals surface area contributed by atoms with Crippen LogP contribution >= 0.6 is 0 Å². The molecule has 2 aromatic heterocycles. The summed E-state index contributed by atoms with van der Waals surface area (Å²) in [5, 5.41) is 3.24. The summed E-state index contributed by atoms with van der Waals surface area (Å²) in [7, 11) is 4.68. The normalized spacial score (nSPS) is 11.6. The monoisotopic (exact) mass is 397 g/mol. The van der Waals surface area contributed by atoms with Gasteiger partial charge in [-0.05, 0) is 25.8 Å². The predicted molar refractivity (Wildman–Crippen MR) is 104 cm³/mol. The van der Waals surface area contributed by atoms with E-state index in [0.29, 0.717) is 11.5 Å². The van der Waals surface area contributed by atoms with Crippen molar-refractivity contribution in [1.29, 1.82) is 0 Å².